The number of carboxylic acid groups (broad SMARTS) is 1. The molecular weight excluding hydrogens is 350 g/mol. The number of hydrogen-bond donors (Lipinski definition) is 1. The molecule has 0 atom stereocenters. The maximum absolute atomic E-state index is 13.7. The van der Waals surface area contributed by atoms with Crippen molar-refractivity contribution >= 4 is 35.0 Å². The quantitative estimate of drug-likeness (QED) is 0.665. The van der Waals surface area contributed by atoms with Gasteiger partial charge in [-0.3, -0.25) is 14.9 Å². The van der Waals surface area contributed by atoms with Crippen LogP contribution in [0.4, 0.5) is 25.0 Å². The van der Waals surface area contributed by atoms with Crippen LogP contribution in [0.2, 0.25) is 5.02 Å². The van der Waals surface area contributed by atoms with Crippen LogP contribution in [0.3, 0.4) is 0 Å². The van der Waals surface area contributed by atoms with E-state index in [1.807, 2.05) is 0 Å². The molecule has 0 saturated heterocycles. The molecule has 0 bridgehead atoms. The molecule has 0 radical (unpaired) electrons. The molecule has 0 aromatic heterocycles. The lowest BCUT2D eigenvalue weighted by Gasteiger charge is -2.19. The van der Waals surface area contributed by atoms with Gasteiger partial charge in [0.05, 0.1) is 15.6 Å². The molecule has 0 aliphatic carbocycles. The molecule has 2 amide bonds. The summed E-state index contributed by atoms with van der Waals surface area (Å²) >= 11 is 5.77. The van der Waals surface area contributed by atoms with Crippen LogP contribution < -0.4 is 4.90 Å². The van der Waals surface area contributed by atoms with Crippen LogP contribution in [0, 0.1) is 21.7 Å². The molecule has 2 aromatic carbocycles. The first-order valence-electron chi connectivity index (χ1n) is 6.19. The van der Waals surface area contributed by atoms with Gasteiger partial charge in [-0.15, -0.1) is 0 Å². The zero-order valence-corrected chi connectivity index (χ0v) is 12.3. The summed E-state index contributed by atoms with van der Waals surface area (Å²) in [4.78, 5) is 33.5. The molecule has 24 heavy (non-hydrogen) atoms. The van der Waals surface area contributed by atoms with E-state index in [4.69, 9.17) is 11.6 Å². The summed E-state index contributed by atoms with van der Waals surface area (Å²) in [6.07, 6.45) is -1.86. The maximum Gasteiger partial charge on any atom is 0.419 e. The number of rotatable bonds is 3. The number of nitrogens with zero attached hydrogens (tertiary/aromatic N) is 2. The Morgan fingerprint density at radius 2 is 1.75 bits per heavy atom. The van der Waals surface area contributed by atoms with E-state index < -0.39 is 50.5 Å². The molecule has 0 saturated carbocycles. The number of carbonyl (C=O) groups excluding carboxylic acids is 1. The van der Waals surface area contributed by atoms with Crippen LogP contribution in [0.25, 0.3) is 0 Å². The molecule has 1 N–H and O–H groups in total. The van der Waals surface area contributed by atoms with Crippen LogP contribution in [0.15, 0.2) is 36.4 Å². The molecule has 124 valence electrons. The fraction of sp³-hybridized carbons (Fsp3) is 0. The maximum atomic E-state index is 13.7. The average molecular weight is 357 g/mol. The number of imide groups is 1. The van der Waals surface area contributed by atoms with E-state index >= 15 is 0 Å². The summed E-state index contributed by atoms with van der Waals surface area (Å²) in [6, 6.07) is 5.19. The Balaban J connectivity index is 2.57. The zero-order chi connectivity index (χ0) is 18.0. The number of amides is 2. The highest BCUT2D eigenvalue weighted by Gasteiger charge is 2.31. The minimum atomic E-state index is -1.86. The Bertz CT molecular complexity index is 839. The number of carbonyl (C=O) groups is 2. The van der Waals surface area contributed by atoms with Crippen LogP contribution in [0.5, 0.6) is 0 Å². The Hall–Kier alpha value is -3.07. The van der Waals surface area contributed by atoms with E-state index in [2.05, 4.69) is 0 Å². The topological polar surface area (TPSA) is 101 Å². The van der Waals surface area contributed by atoms with Crippen molar-refractivity contribution in [1.29, 1.82) is 0 Å². The summed E-state index contributed by atoms with van der Waals surface area (Å²) in [5.74, 6) is -4.04. The molecule has 2 rings (SSSR count). The fourth-order valence-corrected chi connectivity index (χ4v) is 2.16. The summed E-state index contributed by atoms with van der Waals surface area (Å²) in [7, 11) is 0. The molecule has 0 fully saturated rings. The van der Waals surface area contributed by atoms with Crippen molar-refractivity contribution in [3.8, 4) is 0 Å². The van der Waals surface area contributed by atoms with Crippen molar-refractivity contribution in [1.82, 2.24) is 0 Å². The highest BCUT2D eigenvalue weighted by Crippen LogP contribution is 2.31. The van der Waals surface area contributed by atoms with Gasteiger partial charge in [-0.25, -0.2) is 18.5 Å². The third-order valence-corrected chi connectivity index (χ3v) is 3.26. The normalized spacial score (nSPS) is 10.3. The Kier molecular flexibility index (Phi) is 4.74. The van der Waals surface area contributed by atoms with Gasteiger partial charge in [0, 0.05) is 12.1 Å². The molecule has 7 nitrogen and oxygen atoms in total. The second kappa shape index (κ2) is 6.59. The molecule has 10 heteroatoms. The van der Waals surface area contributed by atoms with E-state index in [1.165, 1.54) is 0 Å². The Morgan fingerprint density at radius 3 is 2.21 bits per heavy atom. The van der Waals surface area contributed by atoms with Crippen LogP contribution in [-0.2, 0) is 0 Å². The van der Waals surface area contributed by atoms with E-state index in [-0.39, 0.29) is 4.90 Å². The minimum absolute atomic E-state index is 0.00749. The largest absolute Gasteiger partial charge is 0.464 e. The van der Waals surface area contributed by atoms with Crippen molar-refractivity contribution in [2.45, 2.75) is 0 Å². The first-order chi connectivity index (χ1) is 11.2. The number of hydrogen-bond acceptors (Lipinski definition) is 4. The number of nitro groups is 1. The molecule has 0 aliphatic rings. The van der Waals surface area contributed by atoms with E-state index in [1.54, 1.807) is 0 Å². The predicted molar refractivity (Wildman–Crippen MR) is 79.3 cm³/mol. The first kappa shape index (κ1) is 17.3. The van der Waals surface area contributed by atoms with Gasteiger partial charge in [0.15, 0.2) is 0 Å². The number of anilines is 1. The summed E-state index contributed by atoms with van der Waals surface area (Å²) in [6.45, 7) is 0. The van der Waals surface area contributed by atoms with Gasteiger partial charge in [0.1, 0.15) is 17.2 Å². The highest BCUT2D eigenvalue weighted by atomic mass is 35.5. The highest BCUT2D eigenvalue weighted by molar-refractivity contribution is 6.35. The monoisotopic (exact) mass is 356 g/mol. The third kappa shape index (κ3) is 3.15. The minimum Gasteiger partial charge on any atom is -0.464 e. The summed E-state index contributed by atoms with van der Waals surface area (Å²) < 4.78 is 27.4. The van der Waals surface area contributed by atoms with Crippen LogP contribution >= 0.6 is 11.6 Å². The smallest absolute Gasteiger partial charge is 0.419 e. The second-order valence-corrected chi connectivity index (χ2v) is 4.82. The molecule has 0 aliphatic heterocycles. The zero-order valence-electron chi connectivity index (χ0n) is 11.6. The van der Waals surface area contributed by atoms with Gasteiger partial charge < -0.3 is 5.11 Å². The molecule has 2 aromatic rings. The lowest BCUT2D eigenvalue weighted by Crippen LogP contribution is -2.37. The number of benzene rings is 2. The van der Waals surface area contributed by atoms with E-state index in [0.29, 0.717) is 0 Å². The lowest BCUT2D eigenvalue weighted by atomic mass is 10.1. The van der Waals surface area contributed by atoms with Gasteiger partial charge in [0.25, 0.3) is 11.6 Å². The SMILES string of the molecule is O=C(O)N(C(=O)c1c(F)cccc1F)c1ccc([N+](=O)[O-])cc1Cl. The van der Waals surface area contributed by atoms with Gasteiger partial charge in [-0.1, -0.05) is 17.7 Å². The fourth-order valence-electron chi connectivity index (χ4n) is 1.90. The van der Waals surface area contributed by atoms with E-state index in [0.717, 1.165) is 36.4 Å². The van der Waals surface area contributed by atoms with Crippen molar-refractivity contribution in [2.75, 3.05) is 4.90 Å². The van der Waals surface area contributed by atoms with Gasteiger partial charge in [-0.05, 0) is 18.2 Å². The van der Waals surface area contributed by atoms with E-state index in [9.17, 15) is 33.6 Å². The third-order valence-electron chi connectivity index (χ3n) is 2.95. The van der Waals surface area contributed by atoms with Crippen LogP contribution in [0.1, 0.15) is 10.4 Å². The van der Waals surface area contributed by atoms with Crippen molar-refractivity contribution < 1.29 is 28.4 Å². The first-order valence-corrected chi connectivity index (χ1v) is 6.57. The van der Waals surface area contributed by atoms with Crippen LogP contribution in [-0.4, -0.2) is 22.0 Å². The summed E-state index contributed by atoms with van der Waals surface area (Å²) in [5, 5.41) is 19.4. The lowest BCUT2D eigenvalue weighted by molar-refractivity contribution is -0.384. The number of non-ortho nitro benzene ring substituents is 1. The predicted octanol–water partition coefficient (Wildman–Crippen LogP) is 3.85. The standard InChI is InChI=1S/C14H7ClF2N2O5/c15-8-6-7(19(23)24)4-5-11(8)18(14(21)22)13(20)12-9(16)2-1-3-10(12)17/h1-6H,(H,21,22). The number of halogens is 3. The molecule has 0 spiro atoms. The molecule has 0 unspecified atom stereocenters. The van der Waals surface area contributed by atoms with Crippen molar-refractivity contribution in [3.05, 3.63) is 68.7 Å². The Labute approximate surface area is 137 Å². The molecule has 0 heterocycles. The van der Waals surface area contributed by atoms with Gasteiger partial charge in [0.2, 0.25) is 0 Å². The summed E-state index contributed by atoms with van der Waals surface area (Å²) in [5.41, 5.74) is -2.00. The van der Waals surface area contributed by atoms with Crippen molar-refractivity contribution in [2.24, 2.45) is 0 Å². The Morgan fingerprint density at radius 1 is 1.17 bits per heavy atom. The number of nitro benzene ring substituents is 1. The average Bonchev–Trinajstić information content (AvgIpc) is 2.48. The van der Waals surface area contributed by atoms with Gasteiger partial charge >= 0.3 is 6.09 Å². The second-order valence-electron chi connectivity index (χ2n) is 4.41. The van der Waals surface area contributed by atoms with Gasteiger partial charge in [-0.2, -0.15) is 0 Å². The molecular formula is C14H7ClF2N2O5. The van der Waals surface area contributed by atoms with Crippen molar-refractivity contribution in [3.63, 3.8) is 0 Å².